The van der Waals surface area contributed by atoms with Crippen LogP contribution in [0.25, 0.3) is 0 Å². The van der Waals surface area contributed by atoms with E-state index in [9.17, 15) is 0 Å². The van der Waals surface area contributed by atoms with E-state index < -0.39 is 0 Å². The Hall–Kier alpha value is -0.120. The van der Waals surface area contributed by atoms with Gasteiger partial charge in [-0.15, -0.1) is 0 Å². The van der Waals surface area contributed by atoms with Crippen LogP contribution >= 0.6 is 0 Å². The molecule has 0 aromatic heterocycles. The molecule has 0 rings (SSSR count). The molecule has 0 heterocycles. The van der Waals surface area contributed by atoms with Crippen LogP contribution in [0.3, 0.4) is 0 Å². The molecular formula is C7H16O3. The minimum Gasteiger partial charge on any atom is -0.396 e. The van der Waals surface area contributed by atoms with Crippen molar-refractivity contribution < 1.29 is 15.3 Å². The molecule has 10 heavy (non-hydrogen) atoms. The molecule has 3 heteroatoms. The van der Waals surface area contributed by atoms with Gasteiger partial charge in [-0.2, -0.15) is 0 Å². The molecule has 0 spiro atoms. The number of aliphatic hydroxyl groups is 3. The third kappa shape index (κ3) is 4.73. The standard InChI is InChI=1S/C7H16O3/c1-6(10)4-7(5-9)2-3-8/h6-10H,2-5H2,1H3. The van der Waals surface area contributed by atoms with Crippen LogP contribution in [0, 0.1) is 5.92 Å². The summed E-state index contributed by atoms with van der Waals surface area (Å²) in [4.78, 5) is 0. The summed E-state index contributed by atoms with van der Waals surface area (Å²) in [7, 11) is 0. The fourth-order valence-corrected chi connectivity index (χ4v) is 0.949. The minimum atomic E-state index is -0.385. The van der Waals surface area contributed by atoms with Crippen molar-refractivity contribution in [2.45, 2.75) is 25.9 Å². The van der Waals surface area contributed by atoms with Gasteiger partial charge in [-0.3, -0.25) is 0 Å². The Balaban J connectivity index is 3.39. The van der Waals surface area contributed by atoms with Crippen LogP contribution in [0.2, 0.25) is 0 Å². The van der Waals surface area contributed by atoms with Crippen molar-refractivity contribution in [2.75, 3.05) is 13.2 Å². The number of aliphatic hydroxyl groups excluding tert-OH is 3. The fraction of sp³-hybridized carbons (Fsp3) is 1.00. The van der Waals surface area contributed by atoms with Gasteiger partial charge >= 0.3 is 0 Å². The second-order valence-electron chi connectivity index (χ2n) is 2.65. The Morgan fingerprint density at radius 2 is 1.90 bits per heavy atom. The van der Waals surface area contributed by atoms with E-state index in [-0.39, 0.29) is 25.2 Å². The van der Waals surface area contributed by atoms with Gasteiger partial charge in [0.05, 0.1) is 6.10 Å². The van der Waals surface area contributed by atoms with Crippen molar-refractivity contribution in [1.82, 2.24) is 0 Å². The van der Waals surface area contributed by atoms with Gasteiger partial charge < -0.3 is 15.3 Å². The van der Waals surface area contributed by atoms with Gasteiger partial charge in [0.2, 0.25) is 0 Å². The molecular weight excluding hydrogens is 132 g/mol. The summed E-state index contributed by atoms with van der Waals surface area (Å²) in [6.45, 7) is 1.81. The molecule has 3 N–H and O–H groups in total. The molecule has 62 valence electrons. The minimum absolute atomic E-state index is 0.0463. The van der Waals surface area contributed by atoms with E-state index in [4.69, 9.17) is 15.3 Å². The number of rotatable bonds is 5. The van der Waals surface area contributed by atoms with Gasteiger partial charge in [0.15, 0.2) is 0 Å². The summed E-state index contributed by atoms with van der Waals surface area (Å²) >= 11 is 0. The summed E-state index contributed by atoms with van der Waals surface area (Å²) in [6.07, 6.45) is 0.752. The molecule has 0 saturated heterocycles. The summed E-state index contributed by atoms with van der Waals surface area (Å²) in [5, 5.41) is 26.1. The van der Waals surface area contributed by atoms with Gasteiger partial charge in [0.1, 0.15) is 0 Å². The number of hydrogen-bond acceptors (Lipinski definition) is 3. The van der Waals surface area contributed by atoms with Crippen molar-refractivity contribution >= 4 is 0 Å². The summed E-state index contributed by atoms with van der Waals surface area (Å²) in [5.74, 6) is 0.0463. The predicted octanol–water partition coefficient (Wildman–Crippen LogP) is -0.252. The highest BCUT2D eigenvalue weighted by Crippen LogP contribution is 2.09. The smallest absolute Gasteiger partial charge is 0.0515 e. The SMILES string of the molecule is CC(O)CC(CO)CCO. The van der Waals surface area contributed by atoms with E-state index in [2.05, 4.69) is 0 Å². The zero-order valence-corrected chi connectivity index (χ0v) is 6.32. The van der Waals surface area contributed by atoms with Crippen LogP contribution in [-0.2, 0) is 0 Å². The number of hydrogen-bond donors (Lipinski definition) is 3. The highest BCUT2D eigenvalue weighted by molar-refractivity contribution is 4.60. The van der Waals surface area contributed by atoms with Gasteiger partial charge in [-0.25, -0.2) is 0 Å². The van der Waals surface area contributed by atoms with Crippen molar-refractivity contribution in [1.29, 1.82) is 0 Å². The quantitative estimate of drug-likeness (QED) is 0.504. The molecule has 0 aromatic rings. The molecule has 3 nitrogen and oxygen atoms in total. The molecule has 2 atom stereocenters. The highest BCUT2D eigenvalue weighted by Gasteiger charge is 2.08. The molecule has 0 radical (unpaired) electrons. The molecule has 0 amide bonds. The average molecular weight is 148 g/mol. The first-order chi connectivity index (χ1) is 4.70. The Kier molecular flexibility index (Phi) is 5.58. The van der Waals surface area contributed by atoms with Crippen molar-refractivity contribution in [3.8, 4) is 0 Å². The van der Waals surface area contributed by atoms with Crippen LogP contribution in [0.5, 0.6) is 0 Å². The van der Waals surface area contributed by atoms with Gasteiger partial charge in [0.25, 0.3) is 0 Å². The Morgan fingerprint density at radius 1 is 1.30 bits per heavy atom. The summed E-state index contributed by atoms with van der Waals surface area (Å²) in [6, 6.07) is 0. The topological polar surface area (TPSA) is 60.7 Å². The molecule has 0 saturated carbocycles. The highest BCUT2D eigenvalue weighted by atomic mass is 16.3. The molecule has 0 aliphatic rings. The van der Waals surface area contributed by atoms with Gasteiger partial charge in [0, 0.05) is 13.2 Å². The van der Waals surface area contributed by atoms with Crippen molar-refractivity contribution in [3.63, 3.8) is 0 Å². The second-order valence-corrected chi connectivity index (χ2v) is 2.65. The first kappa shape index (κ1) is 9.88. The van der Waals surface area contributed by atoms with E-state index in [1.54, 1.807) is 6.92 Å². The monoisotopic (exact) mass is 148 g/mol. The summed E-state index contributed by atoms with van der Waals surface area (Å²) < 4.78 is 0. The van der Waals surface area contributed by atoms with Crippen LogP contribution < -0.4 is 0 Å². The van der Waals surface area contributed by atoms with Crippen molar-refractivity contribution in [2.24, 2.45) is 5.92 Å². The maximum atomic E-state index is 8.89. The molecule has 0 fully saturated rings. The van der Waals surface area contributed by atoms with Gasteiger partial charge in [-0.1, -0.05) is 0 Å². The molecule has 0 aliphatic carbocycles. The largest absolute Gasteiger partial charge is 0.396 e. The lowest BCUT2D eigenvalue weighted by Crippen LogP contribution is -2.14. The zero-order chi connectivity index (χ0) is 7.98. The first-order valence-corrected chi connectivity index (χ1v) is 3.60. The average Bonchev–Trinajstić information content (AvgIpc) is 1.86. The third-order valence-electron chi connectivity index (χ3n) is 1.47. The zero-order valence-electron chi connectivity index (χ0n) is 6.32. The third-order valence-corrected chi connectivity index (χ3v) is 1.47. The Bertz CT molecular complexity index is 73.3. The summed E-state index contributed by atoms with van der Waals surface area (Å²) in [5.41, 5.74) is 0. The van der Waals surface area contributed by atoms with Crippen molar-refractivity contribution in [3.05, 3.63) is 0 Å². The van der Waals surface area contributed by atoms with E-state index in [0.29, 0.717) is 12.8 Å². The van der Waals surface area contributed by atoms with Crippen LogP contribution in [0.15, 0.2) is 0 Å². The second kappa shape index (κ2) is 5.65. The predicted molar refractivity (Wildman–Crippen MR) is 38.6 cm³/mol. The molecule has 0 aromatic carbocycles. The van der Waals surface area contributed by atoms with Gasteiger partial charge in [-0.05, 0) is 25.7 Å². The normalized spacial score (nSPS) is 16.8. The van der Waals surface area contributed by atoms with Crippen LogP contribution in [-0.4, -0.2) is 34.6 Å². The van der Waals surface area contributed by atoms with E-state index in [0.717, 1.165) is 0 Å². The van der Waals surface area contributed by atoms with Crippen LogP contribution in [0.1, 0.15) is 19.8 Å². The van der Waals surface area contributed by atoms with E-state index in [1.165, 1.54) is 0 Å². The lowest BCUT2D eigenvalue weighted by molar-refractivity contribution is 0.113. The maximum Gasteiger partial charge on any atom is 0.0515 e. The fourth-order valence-electron chi connectivity index (χ4n) is 0.949. The maximum absolute atomic E-state index is 8.89. The van der Waals surface area contributed by atoms with E-state index in [1.807, 2.05) is 0 Å². The lowest BCUT2D eigenvalue weighted by atomic mass is 10.0. The Morgan fingerprint density at radius 3 is 2.20 bits per heavy atom. The molecule has 0 aliphatic heterocycles. The molecule has 0 bridgehead atoms. The Labute approximate surface area is 61.3 Å². The van der Waals surface area contributed by atoms with E-state index >= 15 is 0 Å². The first-order valence-electron chi connectivity index (χ1n) is 3.60. The lowest BCUT2D eigenvalue weighted by Gasteiger charge is -2.13. The van der Waals surface area contributed by atoms with Crippen LogP contribution in [0.4, 0.5) is 0 Å². The molecule has 2 unspecified atom stereocenters.